The van der Waals surface area contributed by atoms with Gasteiger partial charge in [0.15, 0.2) is 0 Å². The van der Waals surface area contributed by atoms with E-state index in [-0.39, 0.29) is 10.8 Å². The summed E-state index contributed by atoms with van der Waals surface area (Å²) in [5.41, 5.74) is 1.20. The molecule has 2 N–H and O–H groups in total. The fourth-order valence-corrected chi connectivity index (χ4v) is 2.46. The third-order valence-electron chi connectivity index (χ3n) is 2.82. The van der Waals surface area contributed by atoms with Crippen molar-refractivity contribution in [3.05, 3.63) is 44.4 Å². The maximum absolute atomic E-state index is 11.0. The van der Waals surface area contributed by atoms with Gasteiger partial charge in [0.25, 0.3) is 0 Å². The van der Waals surface area contributed by atoms with Crippen LogP contribution >= 0.6 is 11.3 Å². The Hall–Kier alpha value is -1.79. The van der Waals surface area contributed by atoms with Crippen LogP contribution in [0.25, 0.3) is 0 Å². The minimum Gasteiger partial charge on any atom is -0.494 e. The molecular weight excluding hydrogens is 278 g/mol. The zero-order chi connectivity index (χ0) is 14.4. The summed E-state index contributed by atoms with van der Waals surface area (Å²) in [6.45, 7) is 1.12. The monoisotopic (exact) mass is 295 g/mol. The van der Waals surface area contributed by atoms with Crippen LogP contribution in [0.15, 0.2) is 29.1 Å². The molecule has 0 bridgehead atoms. The number of aromatic nitrogens is 1. The molecule has 1 heterocycles. The normalized spacial score (nSPS) is 10.7. The third-order valence-corrected chi connectivity index (χ3v) is 3.75. The molecule has 5 nitrogen and oxygen atoms in total. The SMILES string of the molecule is COCCc1ccc(OCCc2sc(=O)[nH]c2O)cc1. The van der Waals surface area contributed by atoms with E-state index in [4.69, 9.17) is 9.47 Å². The first-order valence-corrected chi connectivity index (χ1v) is 7.12. The maximum atomic E-state index is 11.0. The van der Waals surface area contributed by atoms with Crippen molar-refractivity contribution < 1.29 is 14.6 Å². The molecule has 0 radical (unpaired) electrons. The van der Waals surface area contributed by atoms with Crippen molar-refractivity contribution in [2.75, 3.05) is 20.3 Å². The van der Waals surface area contributed by atoms with Gasteiger partial charge >= 0.3 is 4.87 Å². The Morgan fingerprint density at radius 2 is 1.95 bits per heavy atom. The molecular formula is C14H17NO4S. The second kappa shape index (κ2) is 7.12. The lowest BCUT2D eigenvalue weighted by Crippen LogP contribution is -2.01. The van der Waals surface area contributed by atoms with Gasteiger partial charge in [0.2, 0.25) is 5.88 Å². The molecule has 0 atom stereocenters. The molecule has 0 saturated carbocycles. The number of aromatic amines is 1. The Morgan fingerprint density at radius 1 is 1.20 bits per heavy atom. The highest BCUT2D eigenvalue weighted by atomic mass is 32.1. The lowest BCUT2D eigenvalue weighted by molar-refractivity contribution is 0.202. The lowest BCUT2D eigenvalue weighted by atomic mass is 10.1. The molecule has 0 aliphatic heterocycles. The minimum absolute atomic E-state index is 0.0569. The molecule has 1 aromatic carbocycles. The Kier molecular flexibility index (Phi) is 5.20. The number of hydrogen-bond acceptors (Lipinski definition) is 5. The molecule has 1 aromatic heterocycles. The van der Waals surface area contributed by atoms with Crippen molar-refractivity contribution in [2.45, 2.75) is 12.8 Å². The van der Waals surface area contributed by atoms with Gasteiger partial charge in [-0.15, -0.1) is 0 Å². The van der Waals surface area contributed by atoms with Gasteiger partial charge in [0, 0.05) is 13.5 Å². The molecule has 108 valence electrons. The molecule has 0 aliphatic rings. The summed E-state index contributed by atoms with van der Waals surface area (Å²) in [6, 6.07) is 7.82. The van der Waals surface area contributed by atoms with Crippen LogP contribution in [0.5, 0.6) is 11.6 Å². The van der Waals surface area contributed by atoms with Gasteiger partial charge in [-0.3, -0.25) is 9.78 Å². The third kappa shape index (κ3) is 4.11. The van der Waals surface area contributed by atoms with Crippen LogP contribution in [0.4, 0.5) is 0 Å². The Morgan fingerprint density at radius 3 is 2.55 bits per heavy atom. The Balaban J connectivity index is 1.82. The summed E-state index contributed by atoms with van der Waals surface area (Å²) < 4.78 is 10.6. The van der Waals surface area contributed by atoms with Crippen LogP contribution in [0.2, 0.25) is 0 Å². The van der Waals surface area contributed by atoms with Crippen molar-refractivity contribution in [1.82, 2.24) is 4.98 Å². The highest BCUT2D eigenvalue weighted by molar-refractivity contribution is 7.09. The number of benzene rings is 1. The molecule has 0 spiro atoms. The Labute approximate surface area is 120 Å². The van der Waals surface area contributed by atoms with E-state index in [1.165, 1.54) is 5.56 Å². The van der Waals surface area contributed by atoms with E-state index < -0.39 is 0 Å². The number of aromatic hydroxyl groups is 1. The molecule has 2 aromatic rings. The van der Waals surface area contributed by atoms with Crippen molar-refractivity contribution >= 4 is 11.3 Å². The molecule has 0 aliphatic carbocycles. The van der Waals surface area contributed by atoms with Crippen molar-refractivity contribution in [3.8, 4) is 11.6 Å². The van der Waals surface area contributed by atoms with E-state index in [0.29, 0.717) is 24.5 Å². The van der Waals surface area contributed by atoms with E-state index in [1.54, 1.807) is 7.11 Å². The summed E-state index contributed by atoms with van der Waals surface area (Å²) in [4.78, 5) is 13.7. The van der Waals surface area contributed by atoms with Gasteiger partial charge in [0.1, 0.15) is 5.75 Å². The number of thiazole rings is 1. The fourth-order valence-electron chi connectivity index (χ4n) is 1.76. The van der Waals surface area contributed by atoms with Gasteiger partial charge in [-0.05, 0) is 24.1 Å². The first-order chi connectivity index (χ1) is 9.69. The van der Waals surface area contributed by atoms with Crippen molar-refractivity contribution in [3.63, 3.8) is 0 Å². The van der Waals surface area contributed by atoms with Gasteiger partial charge in [-0.1, -0.05) is 23.5 Å². The summed E-state index contributed by atoms with van der Waals surface area (Å²) in [5, 5.41) is 9.43. The second-order valence-electron chi connectivity index (χ2n) is 4.27. The standard InChI is InChI=1S/C14H17NO4S/c1-18-8-6-10-2-4-11(5-3-10)19-9-7-12-13(16)15-14(17)20-12/h2-5,16H,6-9H2,1H3,(H,15,17). The highest BCUT2D eigenvalue weighted by Gasteiger charge is 2.06. The second-order valence-corrected chi connectivity index (χ2v) is 5.34. The first-order valence-electron chi connectivity index (χ1n) is 6.30. The maximum Gasteiger partial charge on any atom is 0.307 e. The number of nitrogens with one attached hydrogen (secondary N) is 1. The van der Waals surface area contributed by atoms with Crippen LogP contribution in [0, 0.1) is 0 Å². The number of rotatable bonds is 7. The van der Waals surface area contributed by atoms with E-state index in [2.05, 4.69) is 4.98 Å². The summed E-state index contributed by atoms with van der Waals surface area (Å²) in [7, 11) is 1.68. The number of H-pyrrole nitrogens is 1. The van der Waals surface area contributed by atoms with Gasteiger partial charge < -0.3 is 14.6 Å². The number of methoxy groups -OCH3 is 1. The molecule has 2 rings (SSSR count). The Bertz CT molecular complexity index is 588. The molecule has 0 unspecified atom stereocenters. The predicted molar refractivity (Wildman–Crippen MR) is 77.8 cm³/mol. The van der Waals surface area contributed by atoms with Gasteiger partial charge in [-0.2, -0.15) is 0 Å². The van der Waals surface area contributed by atoms with Crippen LogP contribution < -0.4 is 9.61 Å². The van der Waals surface area contributed by atoms with E-state index in [9.17, 15) is 9.90 Å². The minimum atomic E-state index is -0.250. The quantitative estimate of drug-likeness (QED) is 0.819. The van der Waals surface area contributed by atoms with Crippen LogP contribution in [-0.4, -0.2) is 30.4 Å². The van der Waals surface area contributed by atoms with Crippen molar-refractivity contribution in [1.29, 1.82) is 0 Å². The van der Waals surface area contributed by atoms with Crippen LogP contribution in [-0.2, 0) is 17.6 Å². The van der Waals surface area contributed by atoms with Crippen LogP contribution in [0.3, 0.4) is 0 Å². The average molecular weight is 295 g/mol. The lowest BCUT2D eigenvalue weighted by Gasteiger charge is -2.06. The van der Waals surface area contributed by atoms with E-state index in [1.807, 2.05) is 24.3 Å². The topological polar surface area (TPSA) is 71.5 Å². The van der Waals surface area contributed by atoms with Gasteiger partial charge in [-0.25, -0.2) is 0 Å². The summed E-state index contributed by atoms with van der Waals surface area (Å²) in [6.07, 6.45) is 1.38. The smallest absolute Gasteiger partial charge is 0.307 e. The molecule has 6 heteroatoms. The zero-order valence-corrected chi connectivity index (χ0v) is 12.0. The van der Waals surface area contributed by atoms with Crippen LogP contribution in [0.1, 0.15) is 10.4 Å². The number of ether oxygens (including phenoxy) is 2. The van der Waals surface area contributed by atoms with Gasteiger partial charge in [0.05, 0.1) is 18.1 Å². The van der Waals surface area contributed by atoms with Crippen molar-refractivity contribution in [2.24, 2.45) is 0 Å². The highest BCUT2D eigenvalue weighted by Crippen LogP contribution is 2.17. The largest absolute Gasteiger partial charge is 0.494 e. The van der Waals surface area contributed by atoms with E-state index >= 15 is 0 Å². The fraction of sp³-hybridized carbons (Fsp3) is 0.357. The predicted octanol–water partition coefficient (Wildman–Crippen LogP) is 1.95. The average Bonchev–Trinajstić information content (AvgIpc) is 2.76. The van der Waals surface area contributed by atoms with E-state index in [0.717, 1.165) is 23.5 Å². The molecule has 0 saturated heterocycles. The molecule has 20 heavy (non-hydrogen) atoms. The number of hydrogen-bond donors (Lipinski definition) is 2. The summed E-state index contributed by atoms with van der Waals surface area (Å²) >= 11 is 1.01. The summed E-state index contributed by atoms with van der Waals surface area (Å²) in [5.74, 6) is 0.715. The molecule has 0 fully saturated rings. The molecule has 0 amide bonds. The first kappa shape index (κ1) is 14.6. The zero-order valence-electron chi connectivity index (χ0n) is 11.2.